The first-order chi connectivity index (χ1) is 12.1. The molecule has 0 saturated carbocycles. The SMILES string of the molecule is Cc1cccc(CN2CCC[C@H](CNC(=O)c3cc(N)ccn3)C2)c1. The van der Waals surface area contributed by atoms with Crippen LogP contribution >= 0.6 is 0 Å². The molecule has 5 heteroatoms. The second kappa shape index (κ2) is 8.12. The molecule has 3 N–H and O–H groups in total. The lowest BCUT2D eigenvalue weighted by atomic mass is 9.97. The summed E-state index contributed by atoms with van der Waals surface area (Å²) in [6, 6.07) is 12.0. The predicted molar refractivity (Wildman–Crippen MR) is 100 cm³/mol. The van der Waals surface area contributed by atoms with E-state index in [9.17, 15) is 4.79 Å². The molecule has 132 valence electrons. The molecule has 0 spiro atoms. The van der Waals surface area contributed by atoms with Crippen molar-refractivity contribution in [3.05, 3.63) is 59.4 Å². The number of hydrogen-bond donors (Lipinski definition) is 2. The Labute approximate surface area is 149 Å². The molecular weight excluding hydrogens is 312 g/mol. The van der Waals surface area contributed by atoms with E-state index in [1.165, 1.54) is 17.5 Å². The third-order valence-electron chi connectivity index (χ3n) is 4.66. The Kier molecular flexibility index (Phi) is 5.66. The number of benzene rings is 1. The maximum atomic E-state index is 12.2. The zero-order chi connectivity index (χ0) is 17.6. The number of nitrogens with zero attached hydrogens (tertiary/aromatic N) is 2. The Morgan fingerprint density at radius 1 is 1.36 bits per heavy atom. The van der Waals surface area contributed by atoms with Gasteiger partial charge in [-0.2, -0.15) is 0 Å². The molecule has 1 aromatic carbocycles. The fourth-order valence-electron chi connectivity index (χ4n) is 3.43. The summed E-state index contributed by atoms with van der Waals surface area (Å²) < 4.78 is 0. The summed E-state index contributed by atoms with van der Waals surface area (Å²) in [5.41, 5.74) is 9.30. The lowest BCUT2D eigenvalue weighted by Crippen LogP contribution is -2.40. The van der Waals surface area contributed by atoms with Crippen LogP contribution in [-0.2, 0) is 6.54 Å². The number of nitrogen functional groups attached to an aromatic ring is 1. The van der Waals surface area contributed by atoms with Gasteiger partial charge in [-0.05, 0) is 49.9 Å². The highest BCUT2D eigenvalue weighted by molar-refractivity contribution is 5.92. The number of anilines is 1. The Morgan fingerprint density at radius 3 is 3.04 bits per heavy atom. The summed E-state index contributed by atoms with van der Waals surface area (Å²) in [6.07, 6.45) is 3.88. The molecule has 1 atom stereocenters. The van der Waals surface area contributed by atoms with Crippen LogP contribution in [0.1, 0.15) is 34.5 Å². The van der Waals surface area contributed by atoms with Crippen LogP contribution in [-0.4, -0.2) is 35.4 Å². The van der Waals surface area contributed by atoms with E-state index in [2.05, 4.69) is 46.4 Å². The summed E-state index contributed by atoms with van der Waals surface area (Å²) >= 11 is 0. The van der Waals surface area contributed by atoms with Crippen molar-refractivity contribution in [2.24, 2.45) is 5.92 Å². The minimum absolute atomic E-state index is 0.150. The number of rotatable bonds is 5. The molecule has 5 nitrogen and oxygen atoms in total. The molecule has 1 saturated heterocycles. The van der Waals surface area contributed by atoms with Crippen molar-refractivity contribution in [1.29, 1.82) is 0 Å². The molecule has 2 aromatic rings. The number of carbonyl (C=O) groups excluding carboxylic acids is 1. The smallest absolute Gasteiger partial charge is 0.269 e. The second-order valence-electron chi connectivity index (χ2n) is 6.92. The van der Waals surface area contributed by atoms with E-state index in [1.54, 1.807) is 18.3 Å². The maximum Gasteiger partial charge on any atom is 0.269 e. The first-order valence-corrected chi connectivity index (χ1v) is 8.88. The van der Waals surface area contributed by atoms with Gasteiger partial charge in [-0.25, -0.2) is 0 Å². The highest BCUT2D eigenvalue weighted by Gasteiger charge is 2.21. The Morgan fingerprint density at radius 2 is 2.24 bits per heavy atom. The molecule has 1 aliphatic heterocycles. The summed E-state index contributed by atoms with van der Waals surface area (Å²) in [7, 11) is 0. The van der Waals surface area contributed by atoms with Crippen molar-refractivity contribution in [3.63, 3.8) is 0 Å². The van der Waals surface area contributed by atoms with Gasteiger partial charge in [0.25, 0.3) is 5.91 Å². The summed E-state index contributed by atoms with van der Waals surface area (Å²) in [6.45, 7) is 5.92. The lowest BCUT2D eigenvalue weighted by Gasteiger charge is -2.32. The molecule has 0 aliphatic carbocycles. The van der Waals surface area contributed by atoms with Crippen molar-refractivity contribution in [1.82, 2.24) is 15.2 Å². The van der Waals surface area contributed by atoms with Gasteiger partial charge in [0.1, 0.15) is 5.69 Å². The van der Waals surface area contributed by atoms with Gasteiger partial charge in [-0.1, -0.05) is 29.8 Å². The van der Waals surface area contributed by atoms with Gasteiger partial charge < -0.3 is 11.1 Å². The Hall–Kier alpha value is -2.40. The number of aromatic nitrogens is 1. The highest BCUT2D eigenvalue weighted by atomic mass is 16.1. The zero-order valence-corrected chi connectivity index (χ0v) is 14.7. The Bertz CT molecular complexity index is 731. The lowest BCUT2D eigenvalue weighted by molar-refractivity contribution is 0.0925. The molecule has 1 aliphatic rings. The van der Waals surface area contributed by atoms with E-state index in [0.717, 1.165) is 26.1 Å². The Balaban J connectivity index is 1.50. The van der Waals surface area contributed by atoms with Gasteiger partial charge in [0, 0.05) is 31.5 Å². The fraction of sp³-hybridized carbons (Fsp3) is 0.400. The summed E-state index contributed by atoms with van der Waals surface area (Å²) in [4.78, 5) is 18.8. The van der Waals surface area contributed by atoms with E-state index in [4.69, 9.17) is 5.73 Å². The molecule has 0 unspecified atom stereocenters. The van der Waals surface area contributed by atoms with E-state index < -0.39 is 0 Å². The average molecular weight is 338 g/mol. The number of pyridine rings is 1. The fourth-order valence-corrected chi connectivity index (χ4v) is 3.43. The predicted octanol–water partition coefficient (Wildman–Crippen LogP) is 2.61. The topological polar surface area (TPSA) is 71.2 Å². The van der Waals surface area contributed by atoms with Gasteiger partial charge in [-0.3, -0.25) is 14.7 Å². The first-order valence-electron chi connectivity index (χ1n) is 8.88. The molecule has 25 heavy (non-hydrogen) atoms. The monoisotopic (exact) mass is 338 g/mol. The van der Waals surface area contributed by atoms with E-state index in [-0.39, 0.29) is 5.91 Å². The van der Waals surface area contributed by atoms with Crippen LogP contribution in [0.3, 0.4) is 0 Å². The minimum Gasteiger partial charge on any atom is -0.399 e. The third-order valence-corrected chi connectivity index (χ3v) is 4.66. The van der Waals surface area contributed by atoms with Crippen molar-refractivity contribution in [2.45, 2.75) is 26.3 Å². The van der Waals surface area contributed by atoms with Crippen LogP contribution in [0.15, 0.2) is 42.6 Å². The van der Waals surface area contributed by atoms with Crippen LogP contribution in [0.5, 0.6) is 0 Å². The molecule has 0 bridgehead atoms. The molecule has 3 rings (SSSR count). The zero-order valence-electron chi connectivity index (χ0n) is 14.7. The van der Waals surface area contributed by atoms with E-state index in [1.807, 2.05) is 0 Å². The molecule has 1 fully saturated rings. The molecular formula is C20H26N4O. The minimum atomic E-state index is -0.150. The van der Waals surface area contributed by atoms with Gasteiger partial charge >= 0.3 is 0 Å². The summed E-state index contributed by atoms with van der Waals surface area (Å²) in [5.74, 6) is 0.326. The number of nitrogens with two attached hydrogens (primary N) is 1. The molecule has 2 heterocycles. The van der Waals surface area contributed by atoms with E-state index >= 15 is 0 Å². The van der Waals surface area contributed by atoms with Gasteiger partial charge in [0.15, 0.2) is 0 Å². The van der Waals surface area contributed by atoms with Crippen LogP contribution < -0.4 is 11.1 Å². The average Bonchev–Trinajstić information content (AvgIpc) is 2.60. The van der Waals surface area contributed by atoms with Crippen molar-refractivity contribution in [2.75, 3.05) is 25.4 Å². The van der Waals surface area contributed by atoms with Crippen molar-refractivity contribution in [3.8, 4) is 0 Å². The van der Waals surface area contributed by atoms with Crippen molar-refractivity contribution < 1.29 is 4.79 Å². The standard InChI is InChI=1S/C20H26N4O/c1-15-4-2-5-16(10-15)13-24-9-3-6-17(14-24)12-23-20(25)19-11-18(21)7-8-22-19/h2,4-5,7-8,10-11,17H,3,6,9,12-14H2,1H3,(H2,21,22)(H,23,25)/t17-/m1/s1. The first kappa shape index (κ1) is 17.4. The van der Waals surface area contributed by atoms with Crippen LogP contribution in [0.25, 0.3) is 0 Å². The third kappa shape index (κ3) is 5.03. The number of carbonyl (C=O) groups is 1. The van der Waals surface area contributed by atoms with E-state index in [0.29, 0.717) is 23.8 Å². The van der Waals surface area contributed by atoms with Crippen LogP contribution in [0.4, 0.5) is 5.69 Å². The highest BCUT2D eigenvalue weighted by Crippen LogP contribution is 2.18. The summed E-state index contributed by atoms with van der Waals surface area (Å²) in [5, 5.41) is 3.01. The van der Waals surface area contributed by atoms with Crippen LogP contribution in [0, 0.1) is 12.8 Å². The number of piperidine rings is 1. The number of nitrogens with one attached hydrogen (secondary N) is 1. The molecule has 0 radical (unpaired) electrons. The number of aryl methyl sites for hydroxylation is 1. The van der Waals surface area contributed by atoms with Gasteiger partial charge in [-0.15, -0.1) is 0 Å². The van der Waals surface area contributed by atoms with Gasteiger partial charge in [0.2, 0.25) is 0 Å². The normalized spacial score (nSPS) is 18.0. The van der Waals surface area contributed by atoms with Crippen LogP contribution in [0.2, 0.25) is 0 Å². The molecule has 1 amide bonds. The van der Waals surface area contributed by atoms with Crippen molar-refractivity contribution >= 4 is 11.6 Å². The maximum absolute atomic E-state index is 12.2. The second-order valence-corrected chi connectivity index (χ2v) is 6.92. The number of likely N-dealkylation sites (tertiary alicyclic amines) is 1. The number of amides is 1. The quantitative estimate of drug-likeness (QED) is 0.879. The number of hydrogen-bond acceptors (Lipinski definition) is 4. The van der Waals surface area contributed by atoms with Gasteiger partial charge in [0.05, 0.1) is 0 Å². The molecule has 1 aromatic heterocycles. The largest absolute Gasteiger partial charge is 0.399 e.